The fourth-order valence-electron chi connectivity index (χ4n) is 7.42. The maximum absolute atomic E-state index is 13.6. The second-order valence-corrected chi connectivity index (χ2v) is 13.2. The van der Waals surface area contributed by atoms with Crippen molar-refractivity contribution in [3.05, 3.63) is 0 Å². The van der Waals surface area contributed by atoms with E-state index in [1.807, 2.05) is 0 Å². The summed E-state index contributed by atoms with van der Waals surface area (Å²) in [6.07, 6.45) is -0.814. The van der Waals surface area contributed by atoms with E-state index < -0.39 is 42.6 Å². The maximum atomic E-state index is 13.6. The molecule has 5 unspecified atom stereocenters. The number of rotatable bonds is 6. The summed E-state index contributed by atoms with van der Waals surface area (Å²) in [5.41, 5.74) is 0. The van der Waals surface area contributed by atoms with Crippen LogP contribution in [0.4, 0.5) is 26.3 Å². The van der Waals surface area contributed by atoms with Crippen LogP contribution in [0.1, 0.15) is 77.0 Å². The number of halogens is 7. The van der Waals surface area contributed by atoms with Crippen LogP contribution in [0.5, 0.6) is 0 Å². The molecule has 1 N–H and O–H groups in total. The number of carbonyl (C=O) groups is 1. The number of nitrogens with zero attached hydrogens (tertiary/aromatic N) is 2. The molecule has 220 valence electrons. The summed E-state index contributed by atoms with van der Waals surface area (Å²) in [5, 5.41) is 2.84. The smallest absolute Gasteiger partial charge is 0.354 e. The molecule has 3 aliphatic carbocycles. The van der Waals surface area contributed by atoms with E-state index >= 15 is 0 Å². The molecule has 1 aliphatic heterocycles. The van der Waals surface area contributed by atoms with Crippen LogP contribution in [-0.4, -0.2) is 77.7 Å². The lowest BCUT2D eigenvalue weighted by molar-refractivity contribution is -0.228. The van der Waals surface area contributed by atoms with Crippen molar-refractivity contribution in [3.8, 4) is 0 Å². The van der Waals surface area contributed by atoms with E-state index in [1.165, 1.54) is 32.1 Å². The Morgan fingerprint density at radius 3 is 1.89 bits per heavy atom. The van der Waals surface area contributed by atoms with Crippen LogP contribution in [0.25, 0.3) is 0 Å². The lowest BCUT2D eigenvalue weighted by atomic mass is 9.74. The minimum absolute atomic E-state index is 0.0715. The minimum atomic E-state index is -4.67. The molecule has 4 nitrogen and oxygen atoms in total. The highest BCUT2D eigenvalue weighted by atomic mass is 79.9. The van der Waals surface area contributed by atoms with Gasteiger partial charge in [-0.1, -0.05) is 48.0 Å². The largest absolute Gasteiger partial charge is 0.391 e. The molecule has 0 bridgehead atoms. The molecular formula is C27H42BrF6N3O. The van der Waals surface area contributed by atoms with Gasteiger partial charge in [-0.05, 0) is 56.8 Å². The SMILES string of the molecule is O=C(NCC1CC(C(F)(F)F)CC(C(F)(F)F)C1)C(C1CCCCC1Br)N1CCN(C2CCCCC2)CC1. The van der Waals surface area contributed by atoms with Crippen LogP contribution in [0.15, 0.2) is 0 Å². The van der Waals surface area contributed by atoms with Gasteiger partial charge in [-0.15, -0.1) is 0 Å². The fourth-order valence-corrected chi connectivity index (χ4v) is 8.29. The Hall–Kier alpha value is -0.550. The zero-order valence-corrected chi connectivity index (χ0v) is 23.6. The van der Waals surface area contributed by atoms with E-state index in [2.05, 4.69) is 31.0 Å². The normalized spacial score (nSPS) is 34.1. The third-order valence-electron chi connectivity index (χ3n) is 9.53. The molecule has 4 aliphatic rings. The van der Waals surface area contributed by atoms with Crippen molar-refractivity contribution in [2.24, 2.45) is 23.7 Å². The second-order valence-electron chi connectivity index (χ2n) is 12.1. The lowest BCUT2D eigenvalue weighted by Gasteiger charge is -2.46. The molecule has 11 heteroatoms. The van der Waals surface area contributed by atoms with Gasteiger partial charge in [0.05, 0.1) is 17.9 Å². The van der Waals surface area contributed by atoms with Gasteiger partial charge in [0.15, 0.2) is 0 Å². The Labute approximate surface area is 230 Å². The van der Waals surface area contributed by atoms with Gasteiger partial charge in [0.25, 0.3) is 0 Å². The van der Waals surface area contributed by atoms with E-state index in [4.69, 9.17) is 0 Å². The number of amides is 1. The van der Waals surface area contributed by atoms with Crippen LogP contribution >= 0.6 is 15.9 Å². The van der Waals surface area contributed by atoms with Crippen molar-refractivity contribution in [3.63, 3.8) is 0 Å². The molecule has 4 fully saturated rings. The van der Waals surface area contributed by atoms with Crippen molar-refractivity contribution >= 4 is 21.8 Å². The zero-order chi connectivity index (χ0) is 27.5. The van der Waals surface area contributed by atoms with Crippen LogP contribution in [0.3, 0.4) is 0 Å². The summed E-state index contributed by atoms with van der Waals surface area (Å²) in [7, 11) is 0. The van der Waals surface area contributed by atoms with Gasteiger partial charge in [-0.2, -0.15) is 26.3 Å². The monoisotopic (exact) mass is 617 g/mol. The van der Waals surface area contributed by atoms with E-state index in [9.17, 15) is 31.1 Å². The Morgan fingerprint density at radius 1 is 0.789 bits per heavy atom. The topological polar surface area (TPSA) is 35.6 Å². The average molecular weight is 619 g/mol. The van der Waals surface area contributed by atoms with Crippen molar-refractivity contribution < 1.29 is 31.1 Å². The van der Waals surface area contributed by atoms with E-state index in [0.29, 0.717) is 6.04 Å². The molecule has 0 spiro atoms. The van der Waals surface area contributed by atoms with Crippen LogP contribution in [-0.2, 0) is 4.79 Å². The molecule has 0 aromatic carbocycles. The first-order chi connectivity index (χ1) is 17.9. The highest BCUT2D eigenvalue weighted by Crippen LogP contribution is 2.47. The van der Waals surface area contributed by atoms with Crippen LogP contribution < -0.4 is 5.32 Å². The highest BCUT2D eigenvalue weighted by Gasteiger charge is 2.52. The van der Waals surface area contributed by atoms with Crippen LogP contribution in [0.2, 0.25) is 0 Å². The molecule has 1 saturated heterocycles. The summed E-state index contributed by atoms with van der Waals surface area (Å²) in [5.74, 6) is -4.99. The van der Waals surface area contributed by atoms with E-state index in [1.54, 1.807) is 0 Å². The third-order valence-corrected chi connectivity index (χ3v) is 10.7. The Balaban J connectivity index is 1.41. The number of piperazine rings is 1. The van der Waals surface area contributed by atoms with Gasteiger partial charge in [0, 0.05) is 43.6 Å². The van der Waals surface area contributed by atoms with Crippen LogP contribution in [0, 0.1) is 23.7 Å². The molecule has 0 aromatic heterocycles. The van der Waals surface area contributed by atoms with Gasteiger partial charge in [0.2, 0.25) is 5.91 Å². The number of carbonyl (C=O) groups excluding carboxylic acids is 1. The molecule has 5 atom stereocenters. The highest BCUT2D eigenvalue weighted by molar-refractivity contribution is 9.09. The van der Waals surface area contributed by atoms with Gasteiger partial charge in [-0.3, -0.25) is 14.6 Å². The minimum Gasteiger partial charge on any atom is -0.354 e. The summed E-state index contributed by atoms with van der Waals surface area (Å²) < 4.78 is 80.6. The third kappa shape index (κ3) is 7.80. The van der Waals surface area contributed by atoms with Gasteiger partial charge >= 0.3 is 12.4 Å². The van der Waals surface area contributed by atoms with Gasteiger partial charge in [0.1, 0.15) is 0 Å². The predicted octanol–water partition coefficient (Wildman–Crippen LogP) is 6.53. The predicted molar refractivity (Wildman–Crippen MR) is 138 cm³/mol. The first-order valence-corrected chi connectivity index (χ1v) is 15.4. The second kappa shape index (κ2) is 13.0. The van der Waals surface area contributed by atoms with Crippen molar-refractivity contribution in [2.75, 3.05) is 32.7 Å². The first kappa shape index (κ1) is 30.4. The summed E-state index contributed by atoms with van der Waals surface area (Å²) in [6.45, 7) is 3.13. The zero-order valence-electron chi connectivity index (χ0n) is 22.0. The Kier molecular flexibility index (Phi) is 10.4. The van der Waals surface area contributed by atoms with Crippen molar-refractivity contribution in [1.82, 2.24) is 15.1 Å². The van der Waals surface area contributed by atoms with E-state index in [0.717, 1.165) is 51.9 Å². The quantitative estimate of drug-likeness (QED) is 0.272. The maximum Gasteiger partial charge on any atom is 0.391 e. The Morgan fingerprint density at radius 2 is 1.34 bits per heavy atom. The van der Waals surface area contributed by atoms with Gasteiger partial charge in [-0.25, -0.2) is 0 Å². The lowest BCUT2D eigenvalue weighted by Crippen LogP contribution is -2.60. The molecule has 0 radical (unpaired) electrons. The number of hydrogen-bond acceptors (Lipinski definition) is 3. The van der Waals surface area contributed by atoms with Crippen molar-refractivity contribution in [2.45, 2.75) is 106 Å². The first-order valence-electron chi connectivity index (χ1n) is 14.5. The molecule has 38 heavy (non-hydrogen) atoms. The summed E-state index contributed by atoms with van der Waals surface area (Å²) in [4.78, 5) is 18.6. The number of nitrogens with one attached hydrogen (secondary N) is 1. The molecule has 3 saturated carbocycles. The van der Waals surface area contributed by atoms with Gasteiger partial charge < -0.3 is 5.32 Å². The summed E-state index contributed by atoms with van der Waals surface area (Å²) in [6, 6.07) is 0.180. The average Bonchev–Trinajstić information content (AvgIpc) is 2.88. The van der Waals surface area contributed by atoms with Crippen molar-refractivity contribution in [1.29, 1.82) is 0 Å². The molecule has 1 amide bonds. The molecular weight excluding hydrogens is 576 g/mol. The Bertz CT molecular complexity index is 745. The fraction of sp³-hybridized carbons (Fsp3) is 0.963. The number of hydrogen-bond donors (Lipinski definition) is 1. The number of alkyl halides is 7. The molecule has 0 aromatic rings. The standard InChI is InChI=1S/C27H42BrF6N3O/c28-23-9-5-4-8-22(23)24(37-12-10-36(11-13-37)21-6-2-1-3-7-21)25(38)35-17-18-14-19(26(29,30)31)16-20(15-18)27(32,33)34/h18-24H,1-17H2,(H,35,38). The molecule has 1 heterocycles. The summed E-state index contributed by atoms with van der Waals surface area (Å²) >= 11 is 3.78. The van der Waals surface area contributed by atoms with E-state index in [-0.39, 0.29) is 36.0 Å². The molecule has 4 rings (SSSR count).